The summed E-state index contributed by atoms with van der Waals surface area (Å²) in [6, 6.07) is 2.02. The molecular formula is C11H16BrNO2S. The molecule has 0 unspecified atom stereocenters. The van der Waals surface area contributed by atoms with E-state index in [-0.39, 0.29) is 5.97 Å². The Kier molecular flexibility index (Phi) is 4.95. The molecule has 0 atom stereocenters. The lowest BCUT2D eigenvalue weighted by molar-refractivity contribution is -0.150. The first kappa shape index (κ1) is 13.7. The summed E-state index contributed by atoms with van der Waals surface area (Å²) in [4.78, 5) is 12.7. The van der Waals surface area contributed by atoms with Crippen LogP contribution in [-0.2, 0) is 16.1 Å². The number of carbonyl (C=O) groups is 1. The molecule has 16 heavy (non-hydrogen) atoms. The van der Waals surface area contributed by atoms with E-state index in [1.54, 1.807) is 11.3 Å². The molecule has 0 aliphatic carbocycles. The van der Waals surface area contributed by atoms with Crippen LogP contribution in [-0.4, -0.2) is 19.6 Å². The number of ether oxygens (including phenoxy) is 1. The van der Waals surface area contributed by atoms with Crippen molar-refractivity contribution in [2.45, 2.75) is 20.4 Å². The number of thiophene rings is 1. The van der Waals surface area contributed by atoms with Crippen molar-refractivity contribution in [2.75, 3.05) is 13.7 Å². The second-order valence-corrected chi connectivity index (χ2v) is 6.03. The van der Waals surface area contributed by atoms with E-state index >= 15 is 0 Å². The lowest BCUT2D eigenvalue weighted by atomic mass is 9.94. The molecule has 90 valence electrons. The maximum atomic E-state index is 11.4. The first-order valence-corrected chi connectivity index (χ1v) is 6.65. The third kappa shape index (κ3) is 3.57. The summed E-state index contributed by atoms with van der Waals surface area (Å²) in [5, 5.41) is 5.30. The van der Waals surface area contributed by atoms with Crippen LogP contribution in [0.5, 0.6) is 0 Å². The molecule has 0 saturated heterocycles. The van der Waals surface area contributed by atoms with Crippen LogP contribution in [0.3, 0.4) is 0 Å². The summed E-state index contributed by atoms with van der Waals surface area (Å²) < 4.78 is 5.85. The van der Waals surface area contributed by atoms with Crippen molar-refractivity contribution < 1.29 is 9.53 Å². The quantitative estimate of drug-likeness (QED) is 0.850. The highest BCUT2D eigenvalue weighted by molar-refractivity contribution is 9.10. The highest BCUT2D eigenvalue weighted by Crippen LogP contribution is 2.23. The molecule has 0 aliphatic heterocycles. The SMILES string of the molecule is COC(=O)C(C)(C)CNCc1sccc1Br. The highest BCUT2D eigenvalue weighted by Gasteiger charge is 2.28. The van der Waals surface area contributed by atoms with Crippen molar-refractivity contribution in [2.24, 2.45) is 5.41 Å². The Labute approximate surface area is 108 Å². The Balaban J connectivity index is 2.41. The zero-order valence-electron chi connectivity index (χ0n) is 9.67. The lowest BCUT2D eigenvalue weighted by Crippen LogP contribution is -2.36. The third-order valence-electron chi connectivity index (χ3n) is 2.28. The fraction of sp³-hybridized carbons (Fsp3) is 0.545. The monoisotopic (exact) mass is 305 g/mol. The van der Waals surface area contributed by atoms with E-state index < -0.39 is 5.41 Å². The number of nitrogens with one attached hydrogen (secondary N) is 1. The van der Waals surface area contributed by atoms with Crippen LogP contribution in [0.2, 0.25) is 0 Å². The van der Waals surface area contributed by atoms with Crippen molar-refractivity contribution >= 4 is 33.2 Å². The van der Waals surface area contributed by atoms with Crippen LogP contribution >= 0.6 is 27.3 Å². The molecule has 0 aromatic carbocycles. The van der Waals surface area contributed by atoms with E-state index in [1.807, 2.05) is 25.3 Å². The van der Waals surface area contributed by atoms with Gasteiger partial charge in [-0.1, -0.05) is 0 Å². The lowest BCUT2D eigenvalue weighted by Gasteiger charge is -2.21. The molecule has 1 aromatic heterocycles. The van der Waals surface area contributed by atoms with Gasteiger partial charge in [0.25, 0.3) is 0 Å². The normalized spacial score (nSPS) is 11.5. The van der Waals surface area contributed by atoms with Crippen LogP contribution in [0, 0.1) is 5.41 Å². The largest absolute Gasteiger partial charge is 0.469 e. The van der Waals surface area contributed by atoms with Crippen LogP contribution in [0.25, 0.3) is 0 Å². The average molecular weight is 306 g/mol. The molecule has 0 saturated carbocycles. The van der Waals surface area contributed by atoms with E-state index in [0.29, 0.717) is 6.54 Å². The third-order valence-corrected chi connectivity index (χ3v) is 4.21. The van der Waals surface area contributed by atoms with Gasteiger partial charge in [0, 0.05) is 22.4 Å². The number of halogens is 1. The second-order valence-electron chi connectivity index (χ2n) is 4.17. The Morgan fingerprint density at radius 1 is 1.62 bits per heavy atom. The molecule has 0 fully saturated rings. The van der Waals surface area contributed by atoms with Crippen molar-refractivity contribution in [3.63, 3.8) is 0 Å². The van der Waals surface area contributed by atoms with Gasteiger partial charge in [0.1, 0.15) is 0 Å². The molecule has 1 N–H and O–H groups in total. The fourth-order valence-corrected chi connectivity index (χ4v) is 2.75. The zero-order valence-corrected chi connectivity index (χ0v) is 12.1. The fourth-order valence-electron chi connectivity index (χ4n) is 1.29. The van der Waals surface area contributed by atoms with E-state index in [0.717, 1.165) is 11.0 Å². The van der Waals surface area contributed by atoms with Crippen LogP contribution in [0.1, 0.15) is 18.7 Å². The summed E-state index contributed by atoms with van der Waals surface area (Å²) in [6.45, 7) is 5.10. The zero-order chi connectivity index (χ0) is 12.2. The standard InChI is InChI=1S/C11H16BrNO2S/c1-11(2,10(14)15-3)7-13-6-9-8(12)4-5-16-9/h4-5,13H,6-7H2,1-3H3. The van der Waals surface area contributed by atoms with E-state index in [2.05, 4.69) is 21.2 Å². The number of carbonyl (C=O) groups excluding carboxylic acids is 1. The highest BCUT2D eigenvalue weighted by atomic mass is 79.9. The van der Waals surface area contributed by atoms with Gasteiger partial charge >= 0.3 is 5.97 Å². The smallest absolute Gasteiger partial charge is 0.312 e. The Hall–Kier alpha value is -0.390. The van der Waals surface area contributed by atoms with Gasteiger partial charge in [-0.25, -0.2) is 0 Å². The van der Waals surface area contributed by atoms with Crippen molar-refractivity contribution in [3.05, 3.63) is 20.8 Å². The van der Waals surface area contributed by atoms with Crippen molar-refractivity contribution in [1.29, 1.82) is 0 Å². The van der Waals surface area contributed by atoms with Crippen molar-refractivity contribution in [1.82, 2.24) is 5.32 Å². The molecule has 0 spiro atoms. The van der Waals surface area contributed by atoms with Gasteiger partial charge < -0.3 is 10.1 Å². The maximum absolute atomic E-state index is 11.4. The first-order chi connectivity index (χ1) is 7.47. The van der Waals surface area contributed by atoms with E-state index in [9.17, 15) is 4.79 Å². The van der Waals surface area contributed by atoms with Gasteiger partial charge in [-0.05, 0) is 41.2 Å². The van der Waals surface area contributed by atoms with Crippen LogP contribution in [0.4, 0.5) is 0 Å². The maximum Gasteiger partial charge on any atom is 0.312 e. The Morgan fingerprint density at radius 3 is 2.81 bits per heavy atom. The van der Waals surface area contributed by atoms with Crippen molar-refractivity contribution in [3.8, 4) is 0 Å². The molecule has 0 aliphatic rings. The topological polar surface area (TPSA) is 38.3 Å². The van der Waals surface area contributed by atoms with Gasteiger partial charge in [0.15, 0.2) is 0 Å². The van der Waals surface area contributed by atoms with Gasteiger partial charge in [0.05, 0.1) is 12.5 Å². The summed E-state index contributed by atoms with van der Waals surface area (Å²) in [5.74, 6) is -0.190. The predicted octanol–water partition coefficient (Wildman–Crippen LogP) is 2.80. The Bertz CT molecular complexity index is 363. The minimum absolute atomic E-state index is 0.190. The average Bonchev–Trinajstić information content (AvgIpc) is 2.63. The first-order valence-electron chi connectivity index (χ1n) is 4.98. The van der Waals surface area contributed by atoms with E-state index in [1.165, 1.54) is 12.0 Å². The molecule has 3 nitrogen and oxygen atoms in total. The summed E-state index contributed by atoms with van der Waals surface area (Å²) in [6.07, 6.45) is 0. The molecule has 0 radical (unpaired) electrons. The number of hydrogen-bond acceptors (Lipinski definition) is 4. The number of rotatable bonds is 5. The number of methoxy groups -OCH3 is 1. The molecule has 0 amide bonds. The molecule has 1 aromatic rings. The molecule has 5 heteroatoms. The molecule has 1 rings (SSSR count). The van der Waals surface area contributed by atoms with Crippen LogP contribution < -0.4 is 5.32 Å². The second kappa shape index (κ2) is 5.80. The van der Waals surface area contributed by atoms with Gasteiger partial charge in [-0.15, -0.1) is 11.3 Å². The molecule has 1 heterocycles. The van der Waals surface area contributed by atoms with E-state index in [4.69, 9.17) is 4.74 Å². The number of esters is 1. The Morgan fingerprint density at radius 2 is 2.31 bits per heavy atom. The van der Waals surface area contributed by atoms with Gasteiger partial charge in [-0.3, -0.25) is 4.79 Å². The minimum Gasteiger partial charge on any atom is -0.469 e. The van der Waals surface area contributed by atoms with Crippen LogP contribution in [0.15, 0.2) is 15.9 Å². The summed E-state index contributed by atoms with van der Waals surface area (Å²) in [7, 11) is 1.42. The van der Waals surface area contributed by atoms with Gasteiger partial charge in [-0.2, -0.15) is 0 Å². The summed E-state index contributed by atoms with van der Waals surface area (Å²) >= 11 is 5.16. The minimum atomic E-state index is -0.488. The summed E-state index contributed by atoms with van der Waals surface area (Å²) in [5.41, 5.74) is -0.488. The molecule has 0 bridgehead atoms. The molecular weight excluding hydrogens is 290 g/mol. The predicted molar refractivity (Wildman–Crippen MR) is 69.5 cm³/mol. The number of hydrogen-bond donors (Lipinski definition) is 1. The van der Waals surface area contributed by atoms with Gasteiger partial charge in [0.2, 0.25) is 0 Å².